The van der Waals surface area contributed by atoms with Crippen LogP contribution in [-0.2, 0) is 16.9 Å². The first-order valence-corrected chi connectivity index (χ1v) is 11.4. The molecule has 2 aliphatic heterocycles. The van der Waals surface area contributed by atoms with Crippen LogP contribution >= 0.6 is 0 Å². The molecule has 3 aromatic rings. The number of likely N-dealkylation sites (tertiary alicyclic amines) is 1. The second-order valence-corrected chi connectivity index (χ2v) is 10.5. The molecule has 2 aliphatic rings. The van der Waals surface area contributed by atoms with Crippen molar-refractivity contribution in [1.29, 1.82) is 0 Å². The summed E-state index contributed by atoms with van der Waals surface area (Å²) in [6.45, 7) is 2.01. The molecule has 0 N–H and O–H groups in total. The van der Waals surface area contributed by atoms with Crippen LogP contribution in [0.4, 0.5) is 0 Å². The van der Waals surface area contributed by atoms with Gasteiger partial charge in [0.1, 0.15) is 4.75 Å². The summed E-state index contributed by atoms with van der Waals surface area (Å²) in [4.78, 5) is 18.9. The Hall–Kier alpha value is -3.01. The number of nitrogens with zero attached hydrogens (tertiary/aromatic N) is 5. The Morgan fingerprint density at radius 3 is 2.63 bits per heavy atom. The van der Waals surface area contributed by atoms with E-state index >= 15 is 0 Å². The van der Waals surface area contributed by atoms with Crippen molar-refractivity contribution in [2.24, 2.45) is 7.05 Å². The van der Waals surface area contributed by atoms with E-state index in [0.29, 0.717) is 29.4 Å². The van der Waals surface area contributed by atoms with Gasteiger partial charge in [-0.3, -0.25) is 9.48 Å². The number of aryl methyl sites for hydroxylation is 2. The summed E-state index contributed by atoms with van der Waals surface area (Å²) in [5, 5.41) is 8.25. The van der Waals surface area contributed by atoms with Crippen molar-refractivity contribution in [1.82, 2.24) is 24.8 Å². The van der Waals surface area contributed by atoms with Crippen LogP contribution in [0.15, 0.2) is 41.1 Å². The van der Waals surface area contributed by atoms with Crippen LogP contribution in [0.25, 0.3) is 11.4 Å². The number of carbonyl (C=O) groups excluding carboxylic acids is 1. The van der Waals surface area contributed by atoms with Gasteiger partial charge in [-0.15, -0.1) is 0 Å². The fourth-order valence-electron chi connectivity index (χ4n) is 4.53. The van der Waals surface area contributed by atoms with Gasteiger partial charge in [0.05, 0.1) is 22.9 Å². The van der Waals surface area contributed by atoms with Crippen LogP contribution in [0.2, 0.25) is 0 Å². The van der Waals surface area contributed by atoms with E-state index in [1.54, 1.807) is 29.7 Å². The van der Waals surface area contributed by atoms with Gasteiger partial charge in [0.15, 0.2) is 9.84 Å². The minimum atomic E-state index is -3.40. The first kappa shape index (κ1) is 19.0. The zero-order valence-electron chi connectivity index (χ0n) is 16.6. The zero-order valence-corrected chi connectivity index (χ0v) is 17.5. The summed E-state index contributed by atoms with van der Waals surface area (Å²) in [5.74, 6) is 0.172. The van der Waals surface area contributed by atoms with Gasteiger partial charge in [-0.05, 0) is 13.3 Å². The molecule has 1 spiro atoms. The molecule has 0 bridgehead atoms. The summed E-state index contributed by atoms with van der Waals surface area (Å²) in [5.41, 5.74) is 1.92. The second kappa shape index (κ2) is 6.49. The van der Waals surface area contributed by atoms with Crippen LogP contribution < -0.4 is 0 Å². The molecule has 10 heteroatoms. The number of rotatable bonds is 3. The number of sulfone groups is 1. The van der Waals surface area contributed by atoms with Gasteiger partial charge in [-0.1, -0.05) is 35.5 Å². The minimum Gasteiger partial charge on any atom is -0.339 e. The van der Waals surface area contributed by atoms with E-state index in [0.717, 1.165) is 5.56 Å². The Balaban J connectivity index is 1.42. The number of benzene rings is 1. The standard InChI is InChI=1S/C20H21N5O4S/c1-13-15(10-24(2)22-13)19(26)25-11-20(12-25)16(8-9-30(20,27)28)18-21-17(23-29-18)14-6-4-3-5-7-14/h3-7,10,16H,8-9,11-12H2,1-2H3. The van der Waals surface area contributed by atoms with Crippen molar-refractivity contribution in [2.75, 3.05) is 18.8 Å². The van der Waals surface area contributed by atoms with Crippen molar-refractivity contribution < 1.29 is 17.7 Å². The number of hydrogen-bond acceptors (Lipinski definition) is 7. The van der Waals surface area contributed by atoms with Crippen LogP contribution in [0, 0.1) is 6.92 Å². The molecule has 1 aromatic carbocycles. The van der Waals surface area contributed by atoms with Crippen molar-refractivity contribution in [3.05, 3.63) is 53.7 Å². The molecule has 2 fully saturated rings. The Bertz CT molecular complexity index is 1230. The van der Waals surface area contributed by atoms with Crippen molar-refractivity contribution >= 4 is 15.7 Å². The fraction of sp³-hybridized carbons (Fsp3) is 0.400. The maximum absolute atomic E-state index is 13.0. The van der Waals surface area contributed by atoms with Gasteiger partial charge >= 0.3 is 0 Å². The molecular weight excluding hydrogens is 406 g/mol. The van der Waals surface area contributed by atoms with E-state index in [-0.39, 0.29) is 24.7 Å². The highest BCUT2D eigenvalue weighted by molar-refractivity contribution is 7.93. The van der Waals surface area contributed by atoms with Gasteiger partial charge in [0.2, 0.25) is 11.7 Å². The van der Waals surface area contributed by atoms with Crippen LogP contribution in [0.5, 0.6) is 0 Å². The normalized spacial score (nSPS) is 21.7. The van der Waals surface area contributed by atoms with Gasteiger partial charge in [0, 0.05) is 31.9 Å². The molecule has 2 saturated heterocycles. The molecule has 30 heavy (non-hydrogen) atoms. The predicted molar refractivity (Wildman–Crippen MR) is 107 cm³/mol. The molecule has 5 rings (SSSR count). The van der Waals surface area contributed by atoms with Gasteiger partial charge < -0.3 is 9.42 Å². The first-order valence-electron chi connectivity index (χ1n) is 9.71. The quantitative estimate of drug-likeness (QED) is 0.624. The van der Waals surface area contributed by atoms with Crippen LogP contribution in [0.3, 0.4) is 0 Å². The first-order chi connectivity index (χ1) is 14.3. The number of amides is 1. The Morgan fingerprint density at radius 1 is 1.23 bits per heavy atom. The van der Waals surface area contributed by atoms with Crippen LogP contribution in [0.1, 0.15) is 34.3 Å². The average Bonchev–Trinajstić information content (AvgIpc) is 3.36. The summed E-state index contributed by atoms with van der Waals surface area (Å²) in [7, 11) is -1.65. The third-order valence-corrected chi connectivity index (χ3v) is 8.70. The molecule has 1 atom stereocenters. The zero-order chi connectivity index (χ0) is 21.1. The minimum absolute atomic E-state index is 0.0503. The summed E-state index contributed by atoms with van der Waals surface area (Å²) >= 11 is 0. The van der Waals surface area contributed by atoms with Crippen molar-refractivity contribution in [2.45, 2.75) is 24.0 Å². The average molecular weight is 427 g/mol. The van der Waals surface area contributed by atoms with E-state index < -0.39 is 20.5 Å². The largest absolute Gasteiger partial charge is 0.339 e. The maximum Gasteiger partial charge on any atom is 0.257 e. The van der Waals surface area contributed by atoms with Crippen LogP contribution in [-0.4, -0.2) is 62.7 Å². The SMILES string of the molecule is Cc1nn(C)cc1C(=O)N1CC2(C1)C(c1nc(-c3ccccc3)no1)CCS2(=O)=O. The monoisotopic (exact) mass is 427 g/mol. The number of carbonyl (C=O) groups is 1. The van der Waals surface area contributed by atoms with E-state index in [9.17, 15) is 13.2 Å². The Morgan fingerprint density at radius 2 is 1.97 bits per heavy atom. The third kappa shape index (κ3) is 2.70. The highest BCUT2D eigenvalue weighted by atomic mass is 32.2. The molecule has 0 saturated carbocycles. The lowest BCUT2D eigenvalue weighted by molar-refractivity contribution is 0.0503. The Kier molecular flexibility index (Phi) is 4.11. The summed E-state index contributed by atoms with van der Waals surface area (Å²) in [6.07, 6.45) is 2.07. The lowest BCUT2D eigenvalue weighted by Crippen LogP contribution is -2.67. The third-order valence-electron chi connectivity index (χ3n) is 6.15. The lowest BCUT2D eigenvalue weighted by Gasteiger charge is -2.48. The molecule has 9 nitrogen and oxygen atoms in total. The van der Waals surface area contributed by atoms with Gasteiger partial charge in [-0.2, -0.15) is 10.1 Å². The van der Waals surface area contributed by atoms with E-state index in [4.69, 9.17) is 4.52 Å². The fourth-order valence-corrected chi connectivity index (χ4v) is 6.84. The smallest absolute Gasteiger partial charge is 0.257 e. The van der Waals surface area contributed by atoms with E-state index in [1.165, 1.54) is 0 Å². The van der Waals surface area contributed by atoms with E-state index in [2.05, 4.69) is 15.2 Å². The molecule has 0 aliphatic carbocycles. The molecule has 0 radical (unpaired) electrons. The molecule has 1 amide bonds. The number of aromatic nitrogens is 4. The van der Waals surface area contributed by atoms with Gasteiger partial charge in [0.25, 0.3) is 5.91 Å². The lowest BCUT2D eigenvalue weighted by atomic mass is 9.82. The maximum atomic E-state index is 13.0. The molecule has 156 valence electrons. The van der Waals surface area contributed by atoms with Gasteiger partial charge in [-0.25, -0.2) is 8.42 Å². The number of hydrogen-bond donors (Lipinski definition) is 0. The Labute approximate surface area is 173 Å². The summed E-state index contributed by atoms with van der Waals surface area (Å²) in [6, 6.07) is 9.39. The molecule has 1 unspecified atom stereocenters. The van der Waals surface area contributed by atoms with Crippen molar-refractivity contribution in [3.63, 3.8) is 0 Å². The highest BCUT2D eigenvalue weighted by Crippen LogP contribution is 2.50. The van der Waals surface area contributed by atoms with E-state index in [1.807, 2.05) is 30.3 Å². The molecule has 4 heterocycles. The second-order valence-electron chi connectivity index (χ2n) is 8.01. The van der Waals surface area contributed by atoms with Crippen molar-refractivity contribution in [3.8, 4) is 11.4 Å². The topological polar surface area (TPSA) is 111 Å². The molecular formula is C20H21N5O4S. The molecule has 2 aromatic heterocycles. The highest BCUT2D eigenvalue weighted by Gasteiger charge is 2.64. The predicted octanol–water partition coefficient (Wildman–Crippen LogP) is 1.58. The summed E-state index contributed by atoms with van der Waals surface area (Å²) < 4.78 is 31.9.